The second-order valence-electron chi connectivity index (χ2n) is 8.08. The Morgan fingerprint density at radius 2 is 1.97 bits per heavy atom. The maximum Gasteiger partial charge on any atom is 0.267 e. The fourth-order valence-corrected chi connectivity index (χ4v) is 4.55. The van der Waals surface area contributed by atoms with E-state index in [0.29, 0.717) is 18.6 Å². The van der Waals surface area contributed by atoms with Crippen LogP contribution in [0.25, 0.3) is 10.9 Å². The van der Waals surface area contributed by atoms with Crippen LogP contribution in [0.3, 0.4) is 0 Å². The number of rotatable bonds is 5. The van der Waals surface area contributed by atoms with Gasteiger partial charge in [0.1, 0.15) is 17.1 Å². The van der Waals surface area contributed by atoms with E-state index in [1.165, 1.54) is 31.5 Å². The van der Waals surface area contributed by atoms with E-state index in [1.54, 1.807) is 0 Å². The summed E-state index contributed by atoms with van der Waals surface area (Å²) in [7, 11) is 1.44. The molecule has 5 rings (SSSR count). The van der Waals surface area contributed by atoms with Crippen LogP contribution >= 0.6 is 0 Å². The number of anilines is 2. The number of hydrogen-bond acceptors (Lipinski definition) is 6. The van der Waals surface area contributed by atoms with E-state index in [0.717, 1.165) is 12.3 Å². The van der Waals surface area contributed by atoms with E-state index < -0.39 is 29.5 Å². The van der Waals surface area contributed by atoms with Gasteiger partial charge in [-0.25, -0.2) is 27.5 Å². The molecule has 0 amide bonds. The third-order valence-electron chi connectivity index (χ3n) is 6.17. The third-order valence-corrected chi connectivity index (χ3v) is 6.17. The molecule has 1 fully saturated rings. The zero-order chi connectivity index (χ0) is 22.6. The Labute approximate surface area is 180 Å². The minimum absolute atomic E-state index is 0.0283. The summed E-state index contributed by atoms with van der Waals surface area (Å²) in [6.07, 6.45) is 0.446. The molecule has 0 unspecified atom stereocenters. The number of nitrogens with zero attached hydrogens (tertiary/aromatic N) is 3. The summed E-state index contributed by atoms with van der Waals surface area (Å²) < 4.78 is 62.9. The van der Waals surface area contributed by atoms with Gasteiger partial charge in [0.25, 0.3) is 6.43 Å². The molecular formula is C22H19F4N5O. The van der Waals surface area contributed by atoms with Crippen molar-refractivity contribution in [3.05, 3.63) is 53.9 Å². The minimum Gasteiger partial charge on any atom is -0.495 e. The van der Waals surface area contributed by atoms with Gasteiger partial charge in [-0.05, 0) is 42.5 Å². The van der Waals surface area contributed by atoms with E-state index in [1.807, 2.05) is 0 Å². The highest BCUT2D eigenvalue weighted by Gasteiger charge is 2.62. The molecule has 1 saturated carbocycles. The molecule has 10 heteroatoms. The van der Waals surface area contributed by atoms with Gasteiger partial charge in [0.2, 0.25) is 0 Å². The average Bonchev–Trinajstić information content (AvgIpc) is 3.55. The van der Waals surface area contributed by atoms with Crippen molar-refractivity contribution in [2.45, 2.75) is 24.8 Å². The van der Waals surface area contributed by atoms with Gasteiger partial charge in [0.05, 0.1) is 25.3 Å². The topological polar surface area (TPSA) is 85.4 Å². The lowest BCUT2D eigenvalue weighted by Crippen LogP contribution is -2.41. The van der Waals surface area contributed by atoms with Crippen molar-refractivity contribution < 1.29 is 22.3 Å². The van der Waals surface area contributed by atoms with E-state index in [9.17, 15) is 17.6 Å². The number of nitrogens with one attached hydrogen (secondary N) is 1. The Kier molecular flexibility index (Phi) is 4.68. The number of alkyl halides is 2. The summed E-state index contributed by atoms with van der Waals surface area (Å²) in [6.45, 7) is 0. The molecule has 0 saturated heterocycles. The molecular weight excluding hydrogens is 426 g/mol. The van der Waals surface area contributed by atoms with E-state index in [-0.39, 0.29) is 39.7 Å². The lowest BCUT2D eigenvalue weighted by Gasteiger charge is -2.34. The predicted octanol–water partition coefficient (Wildman–Crippen LogP) is 4.52. The van der Waals surface area contributed by atoms with Crippen LogP contribution in [0.15, 0.2) is 41.7 Å². The first kappa shape index (κ1) is 20.5. The normalized spacial score (nSPS) is 24.2. The van der Waals surface area contributed by atoms with Crippen LogP contribution in [0.2, 0.25) is 0 Å². The maximum absolute atomic E-state index is 14.8. The molecule has 0 spiro atoms. The molecule has 2 aromatic heterocycles. The van der Waals surface area contributed by atoms with E-state index in [2.05, 4.69) is 20.3 Å². The molecule has 1 aliphatic heterocycles. The molecule has 3 N–H and O–H groups in total. The van der Waals surface area contributed by atoms with E-state index >= 15 is 0 Å². The van der Waals surface area contributed by atoms with Gasteiger partial charge in [-0.1, -0.05) is 0 Å². The van der Waals surface area contributed by atoms with Crippen LogP contribution in [-0.4, -0.2) is 29.3 Å². The summed E-state index contributed by atoms with van der Waals surface area (Å²) in [5.41, 5.74) is 4.07. The number of aliphatic imine (C=N–C) groups is 1. The molecule has 6 nitrogen and oxygen atoms in total. The second-order valence-corrected chi connectivity index (χ2v) is 8.08. The number of ether oxygens (including phenoxy) is 1. The zero-order valence-corrected chi connectivity index (χ0v) is 16.9. The molecule has 1 aromatic carbocycles. The van der Waals surface area contributed by atoms with Crippen molar-refractivity contribution >= 4 is 28.2 Å². The molecule has 0 bridgehead atoms. The summed E-state index contributed by atoms with van der Waals surface area (Å²) in [5.74, 6) is -1.24. The summed E-state index contributed by atoms with van der Waals surface area (Å²) in [5, 5.41) is 3.11. The Morgan fingerprint density at radius 3 is 2.72 bits per heavy atom. The standard InChI is InChI=1S/C22H19F4N5O/c1-32-12-7-13-17(24)9-29-20(19(13)28-8-12)30-11-2-3-16(23)15(6-11)22(21(25)26)14-4-10(14)5-18(27)31-22/h2-3,6-10,14,21H,4-5H2,1H3,(H2,27,31)(H,29,30)/t10-,14-,22-/m0/s1. The van der Waals surface area contributed by atoms with E-state index in [4.69, 9.17) is 10.5 Å². The van der Waals surface area contributed by atoms with Gasteiger partial charge in [0.15, 0.2) is 17.2 Å². The molecule has 1 aliphatic carbocycles. The van der Waals surface area contributed by atoms with Gasteiger partial charge < -0.3 is 15.8 Å². The quantitative estimate of drug-likeness (QED) is 0.564. The van der Waals surface area contributed by atoms with Crippen molar-refractivity contribution in [2.24, 2.45) is 22.6 Å². The predicted molar refractivity (Wildman–Crippen MR) is 111 cm³/mol. The summed E-state index contributed by atoms with van der Waals surface area (Å²) in [4.78, 5) is 12.3. The second kappa shape index (κ2) is 7.32. The number of amidine groups is 1. The first-order valence-corrected chi connectivity index (χ1v) is 10.0. The molecule has 32 heavy (non-hydrogen) atoms. The lowest BCUT2D eigenvalue weighted by atomic mass is 9.82. The van der Waals surface area contributed by atoms with Crippen LogP contribution in [0.4, 0.5) is 29.1 Å². The number of aromatic nitrogens is 2. The van der Waals surface area contributed by atoms with Crippen molar-refractivity contribution in [1.82, 2.24) is 9.97 Å². The molecule has 3 heterocycles. The van der Waals surface area contributed by atoms with Gasteiger partial charge in [-0.15, -0.1) is 0 Å². The van der Waals surface area contributed by atoms with Crippen molar-refractivity contribution in [1.29, 1.82) is 0 Å². The lowest BCUT2D eigenvalue weighted by molar-refractivity contribution is 0.0322. The fraction of sp³-hybridized carbons (Fsp3) is 0.318. The van der Waals surface area contributed by atoms with Gasteiger partial charge in [-0.3, -0.25) is 4.99 Å². The van der Waals surface area contributed by atoms with Crippen molar-refractivity contribution in [2.75, 3.05) is 12.4 Å². The van der Waals surface area contributed by atoms with Gasteiger partial charge >= 0.3 is 0 Å². The number of hydrogen-bond donors (Lipinski definition) is 2. The highest BCUT2D eigenvalue weighted by Crippen LogP contribution is 2.60. The monoisotopic (exact) mass is 445 g/mol. The first-order chi connectivity index (χ1) is 15.3. The number of fused-ring (bicyclic) bond motifs is 2. The Balaban J connectivity index is 1.59. The maximum atomic E-state index is 14.8. The molecule has 3 aromatic rings. The Morgan fingerprint density at radius 1 is 1.16 bits per heavy atom. The number of halogens is 4. The molecule has 3 atom stereocenters. The largest absolute Gasteiger partial charge is 0.495 e. The smallest absolute Gasteiger partial charge is 0.267 e. The SMILES string of the molecule is COc1cnc2c(Nc3ccc(F)c([C@@]4(C(F)F)N=C(N)C[C@@H]5C[C@@H]54)c3)ncc(F)c2c1. The van der Waals surface area contributed by atoms with Gasteiger partial charge in [0, 0.05) is 23.1 Å². The van der Waals surface area contributed by atoms with Crippen molar-refractivity contribution in [3.8, 4) is 5.75 Å². The molecule has 166 valence electrons. The fourth-order valence-electron chi connectivity index (χ4n) is 4.55. The van der Waals surface area contributed by atoms with Gasteiger partial charge in [-0.2, -0.15) is 0 Å². The number of benzene rings is 1. The summed E-state index contributed by atoms with van der Waals surface area (Å²) >= 11 is 0. The number of pyridine rings is 2. The molecule has 0 radical (unpaired) electrons. The Bertz CT molecular complexity index is 1250. The number of nitrogens with two attached hydrogens (primary N) is 1. The highest BCUT2D eigenvalue weighted by atomic mass is 19.3. The van der Waals surface area contributed by atoms with Crippen LogP contribution in [-0.2, 0) is 5.54 Å². The van der Waals surface area contributed by atoms with Crippen LogP contribution in [0.5, 0.6) is 5.75 Å². The zero-order valence-electron chi connectivity index (χ0n) is 16.9. The van der Waals surface area contributed by atoms with Crippen LogP contribution < -0.4 is 15.8 Å². The average molecular weight is 445 g/mol. The number of methoxy groups -OCH3 is 1. The first-order valence-electron chi connectivity index (χ1n) is 10.0. The van der Waals surface area contributed by atoms with Crippen LogP contribution in [0, 0.1) is 23.5 Å². The van der Waals surface area contributed by atoms with Crippen LogP contribution in [0.1, 0.15) is 18.4 Å². The van der Waals surface area contributed by atoms with Crippen molar-refractivity contribution in [3.63, 3.8) is 0 Å². The minimum atomic E-state index is -2.93. The summed E-state index contributed by atoms with van der Waals surface area (Å²) in [6, 6.07) is 5.25. The molecule has 2 aliphatic rings. The third kappa shape index (κ3) is 3.12. The highest BCUT2D eigenvalue weighted by molar-refractivity contribution is 5.91. The Hall–Kier alpha value is -3.43.